The number of amides is 1. The fourth-order valence-electron chi connectivity index (χ4n) is 2.87. The molecule has 0 unspecified atom stereocenters. The van der Waals surface area contributed by atoms with Gasteiger partial charge in [-0.15, -0.1) is 0 Å². The van der Waals surface area contributed by atoms with Gasteiger partial charge in [-0.1, -0.05) is 11.6 Å². The van der Waals surface area contributed by atoms with Gasteiger partial charge in [0.1, 0.15) is 11.3 Å². The Morgan fingerprint density at radius 3 is 2.47 bits per heavy atom. The Labute approximate surface area is 174 Å². The molecule has 2 aromatic rings. The van der Waals surface area contributed by atoms with E-state index in [1.54, 1.807) is 13.0 Å². The lowest BCUT2D eigenvalue weighted by Gasteiger charge is -2.26. The standard InChI is InChI=1S/C20H22N2O7S/c1-14-2-7-18(23)17(12-14)20(25)29-13-19(24)21-15-3-5-16(6-4-15)30(26,27)22-8-10-28-11-9-22/h2-7,12,23H,8-11,13H2,1H3,(H,21,24). The first kappa shape index (κ1) is 21.8. The number of nitrogens with one attached hydrogen (secondary N) is 1. The molecule has 1 heterocycles. The fourth-order valence-corrected chi connectivity index (χ4v) is 4.27. The molecule has 2 N–H and O–H groups in total. The number of sulfonamides is 1. The van der Waals surface area contributed by atoms with Crippen molar-refractivity contribution in [3.8, 4) is 5.75 Å². The molecule has 0 atom stereocenters. The van der Waals surface area contributed by atoms with Gasteiger partial charge < -0.3 is 19.9 Å². The Hall–Kier alpha value is -2.95. The molecule has 2 aromatic carbocycles. The van der Waals surface area contributed by atoms with E-state index in [4.69, 9.17) is 9.47 Å². The SMILES string of the molecule is Cc1ccc(O)c(C(=O)OCC(=O)Nc2ccc(S(=O)(=O)N3CCOCC3)cc2)c1. The molecule has 160 valence electrons. The van der Waals surface area contributed by atoms with Crippen molar-refractivity contribution in [1.82, 2.24) is 4.31 Å². The van der Waals surface area contributed by atoms with E-state index in [-0.39, 0.29) is 16.2 Å². The van der Waals surface area contributed by atoms with Crippen LogP contribution in [0.3, 0.4) is 0 Å². The van der Waals surface area contributed by atoms with E-state index < -0.39 is 28.5 Å². The molecule has 1 fully saturated rings. The van der Waals surface area contributed by atoms with Crippen LogP contribution < -0.4 is 5.32 Å². The lowest BCUT2D eigenvalue weighted by atomic mass is 10.1. The second-order valence-corrected chi connectivity index (χ2v) is 8.62. The van der Waals surface area contributed by atoms with Gasteiger partial charge in [0.15, 0.2) is 6.61 Å². The number of nitrogens with zero attached hydrogens (tertiary/aromatic N) is 1. The van der Waals surface area contributed by atoms with E-state index in [2.05, 4.69) is 5.32 Å². The molecule has 9 nitrogen and oxygen atoms in total. The monoisotopic (exact) mass is 434 g/mol. The van der Waals surface area contributed by atoms with Crippen LogP contribution in [0.4, 0.5) is 5.69 Å². The van der Waals surface area contributed by atoms with Crippen molar-refractivity contribution in [1.29, 1.82) is 0 Å². The summed E-state index contributed by atoms with van der Waals surface area (Å²) < 4.78 is 36.6. The van der Waals surface area contributed by atoms with E-state index in [9.17, 15) is 23.1 Å². The second-order valence-electron chi connectivity index (χ2n) is 6.69. The number of aryl methyl sites for hydroxylation is 1. The van der Waals surface area contributed by atoms with Crippen molar-refractivity contribution >= 4 is 27.6 Å². The van der Waals surface area contributed by atoms with Gasteiger partial charge in [-0.25, -0.2) is 13.2 Å². The first-order chi connectivity index (χ1) is 14.3. The molecule has 0 bridgehead atoms. The van der Waals surface area contributed by atoms with Gasteiger partial charge in [-0.2, -0.15) is 4.31 Å². The highest BCUT2D eigenvalue weighted by Gasteiger charge is 2.26. The molecule has 1 saturated heterocycles. The van der Waals surface area contributed by atoms with Gasteiger partial charge in [0.05, 0.1) is 18.1 Å². The van der Waals surface area contributed by atoms with Crippen LogP contribution in [0.15, 0.2) is 47.4 Å². The van der Waals surface area contributed by atoms with E-state index >= 15 is 0 Å². The lowest BCUT2D eigenvalue weighted by molar-refractivity contribution is -0.119. The van der Waals surface area contributed by atoms with Crippen LogP contribution in [0, 0.1) is 6.92 Å². The van der Waals surface area contributed by atoms with Crippen LogP contribution in [0.5, 0.6) is 5.75 Å². The highest BCUT2D eigenvalue weighted by molar-refractivity contribution is 7.89. The second kappa shape index (κ2) is 9.24. The number of carbonyl (C=O) groups excluding carboxylic acids is 2. The predicted octanol–water partition coefficient (Wildman–Crippen LogP) is 1.52. The smallest absolute Gasteiger partial charge is 0.342 e. The van der Waals surface area contributed by atoms with Crippen LogP contribution in [-0.4, -0.2) is 62.6 Å². The molecule has 1 aliphatic rings. The van der Waals surface area contributed by atoms with Gasteiger partial charge in [0.25, 0.3) is 5.91 Å². The highest BCUT2D eigenvalue weighted by Crippen LogP contribution is 2.20. The van der Waals surface area contributed by atoms with Crippen molar-refractivity contribution in [3.63, 3.8) is 0 Å². The largest absolute Gasteiger partial charge is 0.507 e. The van der Waals surface area contributed by atoms with Gasteiger partial charge in [-0.3, -0.25) is 4.79 Å². The molecule has 0 spiro atoms. The van der Waals surface area contributed by atoms with E-state index in [1.165, 1.54) is 40.7 Å². The summed E-state index contributed by atoms with van der Waals surface area (Å²) in [5.41, 5.74) is 1.09. The topological polar surface area (TPSA) is 122 Å². The highest BCUT2D eigenvalue weighted by atomic mass is 32.2. The molecule has 30 heavy (non-hydrogen) atoms. The Kier molecular flexibility index (Phi) is 6.70. The number of hydrogen-bond donors (Lipinski definition) is 2. The number of anilines is 1. The molecule has 1 aliphatic heterocycles. The summed E-state index contributed by atoms with van der Waals surface area (Å²) in [7, 11) is -3.62. The van der Waals surface area contributed by atoms with Crippen LogP contribution in [0.1, 0.15) is 15.9 Å². The minimum absolute atomic E-state index is 0.0273. The Morgan fingerprint density at radius 2 is 1.80 bits per heavy atom. The quantitative estimate of drug-likeness (QED) is 0.661. The zero-order chi connectivity index (χ0) is 21.7. The molecule has 0 aromatic heterocycles. The summed E-state index contributed by atoms with van der Waals surface area (Å²) >= 11 is 0. The van der Waals surface area contributed by atoms with Crippen molar-refractivity contribution in [2.75, 3.05) is 38.2 Å². The zero-order valence-electron chi connectivity index (χ0n) is 16.3. The van der Waals surface area contributed by atoms with Gasteiger partial charge in [-0.05, 0) is 43.3 Å². The van der Waals surface area contributed by atoms with Crippen molar-refractivity contribution in [3.05, 3.63) is 53.6 Å². The lowest BCUT2D eigenvalue weighted by Crippen LogP contribution is -2.40. The first-order valence-electron chi connectivity index (χ1n) is 9.22. The summed E-state index contributed by atoms with van der Waals surface area (Å²) in [6, 6.07) is 10.2. The normalized spacial score (nSPS) is 14.8. The van der Waals surface area contributed by atoms with Gasteiger partial charge in [0, 0.05) is 18.8 Å². The van der Waals surface area contributed by atoms with Gasteiger partial charge in [0.2, 0.25) is 10.0 Å². The van der Waals surface area contributed by atoms with Crippen LogP contribution in [0.25, 0.3) is 0 Å². The third kappa shape index (κ3) is 5.15. The number of phenolic OH excluding ortho intramolecular Hbond substituents is 1. The number of esters is 1. The molecule has 0 saturated carbocycles. The Bertz CT molecular complexity index is 1030. The average molecular weight is 434 g/mol. The Morgan fingerprint density at radius 1 is 1.13 bits per heavy atom. The minimum atomic E-state index is -3.62. The number of rotatable bonds is 6. The number of benzene rings is 2. The molecule has 3 rings (SSSR count). The summed E-state index contributed by atoms with van der Waals surface area (Å²) in [5.74, 6) is -1.65. The summed E-state index contributed by atoms with van der Waals surface area (Å²) in [6.45, 7) is 2.50. The molecule has 10 heteroatoms. The zero-order valence-corrected chi connectivity index (χ0v) is 17.1. The fraction of sp³-hybridized carbons (Fsp3) is 0.300. The summed E-state index contributed by atoms with van der Waals surface area (Å²) in [4.78, 5) is 24.2. The van der Waals surface area contributed by atoms with E-state index in [1.807, 2.05) is 0 Å². The maximum absolute atomic E-state index is 12.6. The number of carbonyl (C=O) groups is 2. The summed E-state index contributed by atoms with van der Waals surface area (Å²) in [6.07, 6.45) is 0. The van der Waals surface area contributed by atoms with Crippen LogP contribution >= 0.6 is 0 Å². The molecular weight excluding hydrogens is 412 g/mol. The van der Waals surface area contributed by atoms with Crippen molar-refractivity contribution in [2.45, 2.75) is 11.8 Å². The molecule has 0 radical (unpaired) electrons. The van der Waals surface area contributed by atoms with Gasteiger partial charge >= 0.3 is 5.97 Å². The van der Waals surface area contributed by atoms with Crippen LogP contribution in [0.2, 0.25) is 0 Å². The average Bonchev–Trinajstić information content (AvgIpc) is 2.75. The van der Waals surface area contributed by atoms with Crippen molar-refractivity contribution < 1.29 is 32.6 Å². The molecule has 1 amide bonds. The maximum Gasteiger partial charge on any atom is 0.342 e. The maximum atomic E-state index is 12.6. The number of morpholine rings is 1. The third-order valence-corrected chi connectivity index (χ3v) is 6.37. The van der Waals surface area contributed by atoms with E-state index in [0.29, 0.717) is 32.0 Å². The number of phenols is 1. The summed E-state index contributed by atoms with van der Waals surface area (Å²) in [5, 5.41) is 12.3. The van der Waals surface area contributed by atoms with Crippen molar-refractivity contribution in [2.24, 2.45) is 0 Å². The molecule has 0 aliphatic carbocycles. The third-order valence-electron chi connectivity index (χ3n) is 4.45. The van der Waals surface area contributed by atoms with E-state index in [0.717, 1.165) is 5.56 Å². The van der Waals surface area contributed by atoms with Crippen LogP contribution in [-0.2, 0) is 24.3 Å². The number of aromatic hydroxyl groups is 1. The number of ether oxygens (including phenoxy) is 2. The first-order valence-corrected chi connectivity index (χ1v) is 10.7. The predicted molar refractivity (Wildman–Crippen MR) is 108 cm³/mol. The minimum Gasteiger partial charge on any atom is -0.507 e. The Balaban J connectivity index is 1.57. The number of hydrogen-bond acceptors (Lipinski definition) is 7. The molecular formula is C20H22N2O7S.